The van der Waals surface area contributed by atoms with Gasteiger partial charge in [0.15, 0.2) is 0 Å². The molecule has 14 heavy (non-hydrogen) atoms. The molecule has 1 rings (SSSR count). The summed E-state index contributed by atoms with van der Waals surface area (Å²) in [6, 6.07) is 4.13. The molecule has 1 aromatic heterocycles. The van der Waals surface area contributed by atoms with Crippen molar-refractivity contribution in [3.8, 4) is 0 Å². The average molecular weight is 321 g/mol. The van der Waals surface area contributed by atoms with Crippen molar-refractivity contribution >= 4 is 31.9 Å². The molecule has 3 heteroatoms. The Labute approximate surface area is 103 Å². The Hall–Kier alpha value is 0.110. The van der Waals surface area contributed by atoms with Crippen LogP contribution in [0.4, 0.5) is 0 Å². The standard InChI is InChI=1S/C11H15Br2N/c1-8(5-9(2)12)6-11-4-3-10(13)7-14-11/h3-4,7-9H,5-6H2,1-2H3. The van der Waals surface area contributed by atoms with Gasteiger partial charge in [0.25, 0.3) is 0 Å². The van der Waals surface area contributed by atoms with Crippen LogP contribution in [0.25, 0.3) is 0 Å². The number of hydrogen-bond donors (Lipinski definition) is 0. The van der Waals surface area contributed by atoms with Crippen molar-refractivity contribution in [2.75, 3.05) is 0 Å². The van der Waals surface area contributed by atoms with Gasteiger partial charge in [-0.3, -0.25) is 4.98 Å². The molecule has 1 nitrogen and oxygen atoms in total. The summed E-state index contributed by atoms with van der Waals surface area (Å²) in [4.78, 5) is 4.95. The van der Waals surface area contributed by atoms with Gasteiger partial charge in [-0.2, -0.15) is 0 Å². The van der Waals surface area contributed by atoms with Gasteiger partial charge in [0.1, 0.15) is 0 Å². The number of nitrogens with zero attached hydrogens (tertiary/aromatic N) is 1. The van der Waals surface area contributed by atoms with Crippen molar-refractivity contribution in [1.82, 2.24) is 4.98 Å². The van der Waals surface area contributed by atoms with E-state index in [4.69, 9.17) is 0 Å². The van der Waals surface area contributed by atoms with Crippen LogP contribution in [0, 0.1) is 5.92 Å². The summed E-state index contributed by atoms with van der Waals surface area (Å²) in [6.07, 6.45) is 4.11. The first-order valence-electron chi connectivity index (χ1n) is 4.82. The van der Waals surface area contributed by atoms with Crippen LogP contribution in [0.3, 0.4) is 0 Å². The van der Waals surface area contributed by atoms with E-state index < -0.39 is 0 Å². The second kappa shape index (κ2) is 5.86. The lowest BCUT2D eigenvalue weighted by Crippen LogP contribution is -2.06. The number of aromatic nitrogens is 1. The van der Waals surface area contributed by atoms with E-state index in [1.54, 1.807) is 0 Å². The molecule has 0 spiro atoms. The van der Waals surface area contributed by atoms with Crippen LogP contribution < -0.4 is 0 Å². The summed E-state index contributed by atoms with van der Waals surface area (Å²) in [7, 11) is 0. The third-order valence-electron chi connectivity index (χ3n) is 2.07. The van der Waals surface area contributed by atoms with E-state index in [9.17, 15) is 0 Å². The normalized spacial score (nSPS) is 15.1. The zero-order valence-electron chi connectivity index (χ0n) is 8.50. The molecule has 0 fully saturated rings. The summed E-state index contributed by atoms with van der Waals surface area (Å²) in [5, 5.41) is 0. The third-order valence-corrected chi connectivity index (χ3v) is 2.92. The van der Waals surface area contributed by atoms with Crippen LogP contribution in [-0.2, 0) is 6.42 Å². The second-order valence-electron chi connectivity index (χ2n) is 3.79. The SMILES string of the molecule is CC(Br)CC(C)Cc1ccc(Br)cn1. The Bertz CT molecular complexity index is 269. The first-order valence-corrected chi connectivity index (χ1v) is 6.53. The first kappa shape index (κ1) is 12.2. The molecule has 78 valence electrons. The second-order valence-corrected chi connectivity index (χ2v) is 6.27. The summed E-state index contributed by atoms with van der Waals surface area (Å²) in [5.74, 6) is 0.679. The summed E-state index contributed by atoms with van der Waals surface area (Å²) >= 11 is 6.95. The van der Waals surface area contributed by atoms with Crippen LogP contribution in [0.1, 0.15) is 26.0 Å². The number of halogens is 2. The van der Waals surface area contributed by atoms with E-state index in [1.165, 1.54) is 12.1 Å². The Morgan fingerprint density at radius 3 is 2.57 bits per heavy atom. The van der Waals surface area contributed by atoms with Crippen molar-refractivity contribution in [3.63, 3.8) is 0 Å². The number of alkyl halides is 1. The molecule has 0 aliphatic carbocycles. The molecule has 1 aromatic rings. The maximum atomic E-state index is 4.36. The van der Waals surface area contributed by atoms with Gasteiger partial charge in [-0.15, -0.1) is 0 Å². The molecule has 2 atom stereocenters. The van der Waals surface area contributed by atoms with Crippen LogP contribution in [0.5, 0.6) is 0 Å². The average Bonchev–Trinajstić information content (AvgIpc) is 2.07. The lowest BCUT2D eigenvalue weighted by molar-refractivity contribution is 0.526. The highest BCUT2D eigenvalue weighted by molar-refractivity contribution is 9.10. The summed E-state index contributed by atoms with van der Waals surface area (Å²) < 4.78 is 1.04. The maximum absolute atomic E-state index is 4.36. The minimum atomic E-state index is 0.591. The van der Waals surface area contributed by atoms with Crippen LogP contribution in [0.15, 0.2) is 22.8 Å². The van der Waals surface area contributed by atoms with E-state index in [-0.39, 0.29) is 0 Å². The van der Waals surface area contributed by atoms with Crippen molar-refractivity contribution in [1.29, 1.82) is 0 Å². The molecule has 0 radical (unpaired) electrons. The van der Waals surface area contributed by atoms with E-state index in [0.717, 1.165) is 10.9 Å². The molecule has 0 aliphatic rings. The molecule has 0 bridgehead atoms. The highest BCUT2D eigenvalue weighted by atomic mass is 79.9. The minimum absolute atomic E-state index is 0.591. The lowest BCUT2D eigenvalue weighted by atomic mass is 10.00. The first-order chi connectivity index (χ1) is 6.58. The van der Waals surface area contributed by atoms with E-state index in [2.05, 4.69) is 56.8 Å². The topological polar surface area (TPSA) is 12.9 Å². The van der Waals surface area contributed by atoms with Gasteiger partial charge in [0, 0.05) is 21.2 Å². The molecular formula is C11H15Br2N. The maximum Gasteiger partial charge on any atom is 0.0413 e. The Morgan fingerprint density at radius 2 is 2.07 bits per heavy atom. The summed E-state index contributed by atoms with van der Waals surface area (Å²) in [6.45, 7) is 4.45. The van der Waals surface area contributed by atoms with E-state index >= 15 is 0 Å². The van der Waals surface area contributed by atoms with Gasteiger partial charge in [0.05, 0.1) is 0 Å². The molecule has 0 saturated heterocycles. The van der Waals surface area contributed by atoms with Crippen molar-refractivity contribution in [2.24, 2.45) is 5.92 Å². The fourth-order valence-corrected chi connectivity index (χ4v) is 2.39. The van der Waals surface area contributed by atoms with Gasteiger partial charge in [-0.25, -0.2) is 0 Å². The van der Waals surface area contributed by atoms with E-state index in [1.807, 2.05) is 12.3 Å². The fraction of sp³-hybridized carbons (Fsp3) is 0.545. The minimum Gasteiger partial charge on any atom is -0.260 e. The molecular weight excluding hydrogens is 306 g/mol. The zero-order valence-corrected chi connectivity index (χ0v) is 11.7. The van der Waals surface area contributed by atoms with Crippen molar-refractivity contribution in [2.45, 2.75) is 31.5 Å². The number of hydrogen-bond acceptors (Lipinski definition) is 1. The van der Waals surface area contributed by atoms with Crippen molar-refractivity contribution < 1.29 is 0 Å². The third kappa shape index (κ3) is 4.56. The van der Waals surface area contributed by atoms with Crippen molar-refractivity contribution in [3.05, 3.63) is 28.5 Å². The van der Waals surface area contributed by atoms with Crippen LogP contribution >= 0.6 is 31.9 Å². The Kier molecular flexibility index (Phi) is 5.10. The highest BCUT2D eigenvalue weighted by Crippen LogP contribution is 2.17. The largest absolute Gasteiger partial charge is 0.260 e. The number of pyridine rings is 1. The molecule has 0 N–H and O–H groups in total. The highest BCUT2D eigenvalue weighted by Gasteiger charge is 2.07. The fourth-order valence-electron chi connectivity index (χ4n) is 1.52. The van der Waals surface area contributed by atoms with Gasteiger partial charge >= 0.3 is 0 Å². The predicted octanol–water partition coefficient (Wildman–Crippen LogP) is 4.20. The molecule has 1 heterocycles. The quantitative estimate of drug-likeness (QED) is 0.758. The van der Waals surface area contributed by atoms with Gasteiger partial charge in [0.2, 0.25) is 0 Å². The molecule has 0 aliphatic heterocycles. The molecule has 0 amide bonds. The lowest BCUT2D eigenvalue weighted by Gasteiger charge is -2.12. The van der Waals surface area contributed by atoms with Gasteiger partial charge in [-0.1, -0.05) is 29.8 Å². The predicted molar refractivity (Wildman–Crippen MR) is 67.8 cm³/mol. The number of rotatable bonds is 4. The van der Waals surface area contributed by atoms with Crippen LogP contribution in [-0.4, -0.2) is 9.81 Å². The van der Waals surface area contributed by atoms with E-state index in [0.29, 0.717) is 10.7 Å². The van der Waals surface area contributed by atoms with Gasteiger partial charge in [-0.05, 0) is 46.8 Å². The molecule has 2 unspecified atom stereocenters. The monoisotopic (exact) mass is 319 g/mol. The Morgan fingerprint density at radius 1 is 1.36 bits per heavy atom. The smallest absolute Gasteiger partial charge is 0.0413 e. The summed E-state index contributed by atoms with van der Waals surface area (Å²) in [5.41, 5.74) is 1.17. The van der Waals surface area contributed by atoms with Gasteiger partial charge < -0.3 is 0 Å². The Balaban J connectivity index is 2.47. The van der Waals surface area contributed by atoms with Crippen LogP contribution in [0.2, 0.25) is 0 Å². The molecule has 0 aromatic carbocycles. The molecule has 0 saturated carbocycles. The zero-order chi connectivity index (χ0) is 10.6.